The highest BCUT2D eigenvalue weighted by molar-refractivity contribution is 8.11. The Labute approximate surface area is 177 Å². The number of aryl methyl sites for hydroxylation is 1. The molecule has 0 aromatic heterocycles. The number of hydrogen-bond acceptors (Lipinski definition) is 4. The molecule has 4 rings (SSSR count). The Morgan fingerprint density at radius 3 is 2.52 bits per heavy atom. The van der Waals surface area contributed by atoms with E-state index in [1.54, 1.807) is 6.82 Å². The highest BCUT2D eigenvalue weighted by Gasteiger charge is 2.70. The minimum atomic E-state index is -3.62. The first-order chi connectivity index (χ1) is 13.4. The van der Waals surface area contributed by atoms with E-state index in [0.717, 1.165) is 32.2 Å². The van der Waals surface area contributed by atoms with Crippen molar-refractivity contribution < 1.29 is 12.6 Å². The van der Waals surface area contributed by atoms with E-state index in [1.807, 2.05) is 0 Å². The van der Waals surface area contributed by atoms with Crippen LogP contribution in [0.2, 0.25) is 6.82 Å². The molecule has 6 heteroatoms. The summed E-state index contributed by atoms with van der Waals surface area (Å²) in [5.74, 6) is 0. The third-order valence-corrected chi connectivity index (χ3v) is 10.2. The number of likely N-dealkylation sites (tertiary alicyclic amines) is 1. The third-order valence-electron chi connectivity index (χ3n) is 9.11. The van der Waals surface area contributed by atoms with E-state index in [0.29, 0.717) is 6.04 Å². The standard InChI is InChI=1S/C23H35BNO3S/c1-15-8-9-17-14-18-22(5)11-10-19(28-29(26,27)24-6)21(3,4)23(22,12-13-25(18)7)20(17)16(15)2/h8-9,18-19H,10-14H2,1-7H3/t18-,19?,22?,23-/m0/s1. The summed E-state index contributed by atoms with van der Waals surface area (Å²) in [6.45, 7) is 15.2. The van der Waals surface area contributed by atoms with E-state index >= 15 is 0 Å². The number of benzene rings is 1. The molecular weight excluding hydrogens is 381 g/mol. The maximum Gasteiger partial charge on any atom is 0.314 e. The summed E-state index contributed by atoms with van der Waals surface area (Å²) in [5.41, 5.74) is 5.33. The average Bonchev–Trinajstić information content (AvgIpc) is 2.64. The van der Waals surface area contributed by atoms with Gasteiger partial charge in [0.25, 0.3) is 0 Å². The van der Waals surface area contributed by atoms with Gasteiger partial charge < -0.3 is 4.90 Å². The van der Waals surface area contributed by atoms with Crippen molar-refractivity contribution in [3.8, 4) is 0 Å². The van der Waals surface area contributed by atoms with Crippen LogP contribution in [0.4, 0.5) is 0 Å². The second kappa shape index (κ2) is 6.57. The van der Waals surface area contributed by atoms with Gasteiger partial charge in [-0.25, -0.2) is 8.42 Å². The molecule has 4 atom stereocenters. The first kappa shape index (κ1) is 21.4. The minimum absolute atomic E-state index is 0.0919. The molecule has 1 radical (unpaired) electrons. The van der Waals surface area contributed by atoms with Crippen molar-refractivity contribution in [2.45, 2.75) is 84.7 Å². The molecule has 1 aromatic rings. The molecule has 0 spiro atoms. The Bertz CT molecular complexity index is 944. The zero-order valence-corrected chi connectivity index (χ0v) is 19.8. The van der Waals surface area contributed by atoms with Crippen LogP contribution in [0.25, 0.3) is 0 Å². The summed E-state index contributed by atoms with van der Waals surface area (Å²) in [6, 6.07) is 5.05. The fourth-order valence-corrected chi connectivity index (χ4v) is 8.18. The van der Waals surface area contributed by atoms with Gasteiger partial charge in [0.2, 0.25) is 9.97 Å². The van der Waals surface area contributed by atoms with Gasteiger partial charge >= 0.3 is 6.56 Å². The number of likely N-dealkylation sites (N-methyl/N-ethyl adjacent to an activating group) is 1. The molecule has 0 N–H and O–H groups in total. The highest BCUT2D eigenvalue weighted by atomic mass is 32.2. The largest absolute Gasteiger partial charge is 0.314 e. The van der Waals surface area contributed by atoms with Gasteiger partial charge in [-0.3, -0.25) is 4.18 Å². The lowest BCUT2D eigenvalue weighted by Crippen LogP contribution is -2.73. The van der Waals surface area contributed by atoms with E-state index in [2.05, 4.69) is 58.7 Å². The van der Waals surface area contributed by atoms with Crippen molar-refractivity contribution in [2.75, 3.05) is 13.6 Å². The Balaban J connectivity index is 1.98. The van der Waals surface area contributed by atoms with Gasteiger partial charge in [0.05, 0.1) is 6.10 Å². The second-order valence-corrected chi connectivity index (χ2v) is 12.0. The maximum absolute atomic E-state index is 12.4. The molecule has 1 saturated heterocycles. The molecule has 2 aliphatic carbocycles. The number of nitrogens with zero attached hydrogens (tertiary/aromatic N) is 1. The normalized spacial score (nSPS) is 36.2. The molecule has 3 aliphatic rings. The van der Waals surface area contributed by atoms with Crippen LogP contribution >= 0.6 is 0 Å². The van der Waals surface area contributed by atoms with Crippen molar-refractivity contribution >= 4 is 16.5 Å². The summed E-state index contributed by atoms with van der Waals surface area (Å²) >= 11 is 0. The Hall–Kier alpha value is -0.845. The lowest BCUT2D eigenvalue weighted by molar-refractivity contribution is -0.171. The van der Waals surface area contributed by atoms with Crippen LogP contribution in [-0.4, -0.2) is 45.6 Å². The Morgan fingerprint density at radius 1 is 1.17 bits per heavy atom. The van der Waals surface area contributed by atoms with E-state index < -0.39 is 9.97 Å². The molecule has 1 heterocycles. The van der Waals surface area contributed by atoms with Crippen molar-refractivity contribution in [3.05, 3.63) is 34.4 Å². The number of hydrogen-bond donors (Lipinski definition) is 0. The van der Waals surface area contributed by atoms with Crippen LogP contribution < -0.4 is 0 Å². The smallest absolute Gasteiger partial charge is 0.302 e. The molecule has 2 bridgehead atoms. The molecule has 159 valence electrons. The van der Waals surface area contributed by atoms with Crippen LogP contribution in [0.3, 0.4) is 0 Å². The quantitative estimate of drug-likeness (QED) is 0.699. The van der Waals surface area contributed by atoms with Gasteiger partial charge in [-0.2, -0.15) is 0 Å². The monoisotopic (exact) mass is 416 g/mol. The maximum atomic E-state index is 12.4. The second-order valence-electron chi connectivity index (χ2n) is 10.4. The summed E-state index contributed by atoms with van der Waals surface area (Å²) < 4.78 is 30.6. The first-order valence-electron chi connectivity index (χ1n) is 10.9. The SMILES string of the molecule is C[B]S(=O)(=O)OC1CCC2(C)[C@@H]3Cc4ccc(C)c(C)c4[C@@]2(CCN3C)C1(C)C. The lowest BCUT2D eigenvalue weighted by Gasteiger charge is -2.71. The van der Waals surface area contributed by atoms with E-state index in [1.165, 1.54) is 28.8 Å². The van der Waals surface area contributed by atoms with E-state index in [4.69, 9.17) is 4.18 Å². The fourth-order valence-electron chi connectivity index (χ4n) is 7.41. The molecule has 1 aliphatic heterocycles. The predicted molar refractivity (Wildman–Crippen MR) is 119 cm³/mol. The molecule has 2 unspecified atom stereocenters. The van der Waals surface area contributed by atoms with Gasteiger partial charge in [-0.05, 0) is 80.8 Å². The molecule has 1 saturated carbocycles. The minimum Gasteiger partial charge on any atom is -0.302 e. The van der Waals surface area contributed by atoms with Gasteiger partial charge in [-0.15, -0.1) is 0 Å². The fraction of sp³-hybridized carbons (Fsp3) is 0.739. The average molecular weight is 416 g/mol. The van der Waals surface area contributed by atoms with Crippen molar-refractivity contribution in [1.82, 2.24) is 4.90 Å². The predicted octanol–water partition coefficient (Wildman–Crippen LogP) is 4.01. The van der Waals surface area contributed by atoms with Crippen LogP contribution in [0, 0.1) is 24.7 Å². The molecule has 1 aromatic carbocycles. The highest BCUT2D eigenvalue weighted by Crippen LogP contribution is 2.69. The number of piperidine rings is 1. The van der Waals surface area contributed by atoms with Gasteiger partial charge in [0, 0.05) is 16.9 Å². The van der Waals surface area contributed by atoms with Gasteiger partial charge in [-0.1, -0.05) is 39.7 Å². The van der Waals surface area contributed by atoms with Crippen LogP contribution in [0.1, 0.15) is 62.3 Å². The molecule has 2 fully saturated rings. The van der Waals surface area contributed by atoms with Gasteiger partial charge in [0.15, 0.2) is 0 Å². The summed E-state index contributed by atoms with van der Waals surface area (Å²) in [6.07, 6.45) is 3.57. The Morgan fingerprint density at radius 2 is 1.86 bits per heavy atom. The van der Waals surface area contributed by atoms with Crippen LogP contribution in [0.5, 0.6) is 0 Å². The molecule has 29 heavy (non-hydrogen) atoms. The van der Waals surface area contributed by atoms with E-state index in [9.17, 15) is 8.42 Å². The summed E-state index contributed by atoms with van der Waals surface area (Å²) in [5, 5.41) is 0. The third kappa shape index (κ3) is 2.67. The topological polar surface area (TPSA) is 46.6 Å². The Kier molecular flexibility index (Phi) is 4.85. The zero-order valence-electron chi connectivity index (χ0n) is 19.0. The van der Waals surface area contributed by atoms with Crippen molar-refractivity contribution in [2.24, 2.45) is 10.8 Å². The zero-order chi connectivity index (χ0) is 21.4. The lowest BCUT2D eigenvalue weighted by atomic mass is 9.36. The summed E-state index contributed by atoms with van der Waals surface area (Å²) in [7, 11) is -1.36. The molecule has 0 amide bonds. The van der Waals surface area contributed by atoms with Crippen molar-refractivity contribution in [3.63, 3.8) is 0 Å². The molecule has 4 nitrogen and oxygen atoms in total. The van der Waals surface area contributed by atoms with Gasteiger partial charge in [0.1, 0.15) is 0 Å². The van der Waals surface area contributed by atoms with Crippen LogP contribution in [-0.2, 0) is 26.0 Å². The van der Waals surface area contributed by atoms with Crippen molar-refractivity contribution in [1.29, 1.82) is 0 Å². The number of fused-ring (bicyclic) bond motifs is 1. The molecular formula is C23H35BNO3S. The van der Waals surface area contributed by atoms with Crippen LogP contribution in [0.15, 0.2) is 12.1 Å². The first-order valence-corrected chi connectivity index (χ1v) is 12.4. The number of rotatable bonds is 3. The summed E-state index contributed by atoms with van der Waals surface area (Å²) in [4.78, 5) is 2.55. The van der Waals surface area contributed by atoms with E-state index in [-0.39, 0.29) is 22.3 Å².